The second-order valence-corrected chi connectivity index (χ2v) is 8.76. The van der Waals surface area contributed by atoms with Crippen molar-refractivity contribution in [3.05, 3.63) is 12.2 Å². The lowest BCUT2D eigenvalue weighted by Crippen LogP contribution is -2.54. The van der Waals surface area contributed by atoms with Gasteiger partial charge in [0.25, 0.3) is 0 Å². The van der Waals surface area contributed by atoms with E-state index in [4.69, 9.17) is 4.74 Å². The second kappa shape index (κ2) is 5.30. The standard InChI is InChI=1S/C18H25N3O4/c1-17(2,3)9-21-10-18-5-4-11(25-18)13(14(18)16(21)24)15(23)20-7-6-19-12(22)8-20/h4-5,11,13-14H,6-10H2,1-3H3,(H,19,22)/t11-,13?,14?,18-/m0/s1. The van der Waals surface area contributed by atoms with Crippen LogP contribution < -0.4 is 5.32 Å². The molecule has 4 heterocycles. The van der Waals surface area contributed by atoms with Crippen molar-refractivity contribution >= 4 is 17.7 Å². The summed E-state index contributed by atoms with van der Waals surface area (Å²) < 4.78 is 6.13. The highest BCUT2D eigenvalue weighted by Crippen LogP contribution is 2.52. The fourth-order valence-electron chi connectivity index (χ4n) is 4.60. The Hall–Kier alpha value is -1.89. The number of carbonyl (C=O) groups excluding carboxylic acids is 3. The second-order valence-electron chi connectivity index (χ2n) is 8.76. The zero-order valence-corrected chi connectivity index (χ0v) is 14.9. The minimum Gasteiger partial charge on any atom is -0.360 e. The molecule has 4 atom stereocenters. The van der Waals surface area contributed by atoms with Gasteiger partial charge in [0.2, 0.25) is 17.7 Å². The van der Waals surface area contributed by atoms with Gasteiger partial charge in [-0.1, -0.05) is 32.9 Å². The van der Waals surface area contributed by atoms with Gasteiger partial charge in [0.05, 0.1) is 31.0 Å². The monoisotopic (exact) mass is 347 g/mol. The predicted molar refractivity (Wildman–Crippen MR) is 89.3 cm³/mol. The number of carbonyl (C=O) groups is 3. The van der Waals surface area contributed by atoms with Crippen molar-refractivity contribution in [2.45, 2.75) is 32.5 Å². The zero-order valence-electron chi connectivity index (χ0n) is 14.9. The molecule has 0 saturated carbocycles. The first-order chi connectivity index (χ1) is 11.7. The average molecular weight is 347 g/mol. The van der Waals surface area contributed by atoms with E-state index in [1.807, 2.05) is 17.1 Å². The summed E-state index contributed by atoms with van der Waals surface area (Å²) in [4.78, 5) is 41.2. The minimum absolute atomic E-state index is 0.00147. The molecule has 0 radical (unpaired) electrons. The average Bonchev–Trinajstić information content (AvgIpc) is 3.14. The molecule has 0 aromatic rings. The molecular weight excluding hydrogens is 322 g/mol. The fourth-order valence-corrected chi connectivity index (χ4v) is 4.60. The van der Waals surface area contributed by atoms with Crippen LogP contribution in [0.2, 0.25) is 0 Å². The summed E-state index contributed by atoms with van der Waals surface area (Å²) in [5.74, 6) is -1.28. The maximum Gasteiger partial charge on any atom is 0.239 e. The van der Waals surface area contributed by atoms with E-state index in [1.54, 1.807) is 4.90 Å². The highest BCUT2D eigenvalue weighted by molar-refractivity contribution is 5.94. The van der Waals surface area contributed by atoms with Gasteiger partial charge >= 0.3 is 0 Å². The fraction of sp³-hybridized carbons (Fsp3) is 0.722. The minimum atomic E-state index is -0.675. The van der Waals surface area contributed by atoms with Gasteiger partial charge in [0.15, 0.2) is 0 Å². The molecule has 4 aliphatic rings. The van der Waals surface area contributed by atoms with Crippen molar-refractivity contribution in [2.75, 3.05) is 32.7 Å². The van der Waals surface area contributed by atoms with E-state index < -0.39 is 17.4 Å². The molecule has 0 aromatic carbocycles. The van der Waals surface area contributed by atoms with Crippen LogP contribution in [0.1, 0.15) is 20.8 Å². The van der Waals surface area contributed by atoms with Crippen LogP contribution in [-0.4, -0.2) is 72.0 Å². The van der Waals surface area contributed by atoms with Crippen LogP contribution in [0.3, 0.4) is 0 Å². The number of nitrogens with zero attached hydrogens (tertiary/aromatic N) is 2. The van der Waals surface area contributed by atoms with Crippen molar-refractivity contribution in [1.29, 1.82) is 0 Å². The Labute approximate surface area is 147 Å². The van der Waals surface area contributed by atoms with Crippen LogP contribution >= 0.6 is 0 Å². The lowest BCUT2D eigenvalue weighted by molar-refractivity contribution is -0.146. The van der Waals surface area contributed by atoms with Gasteiger partial charge in [0, 0.05) is 19.6 Å². The molecule has 4 aliphatic heterocycles. The van der Waals surface area contributed by atoms with E-state index in [0.29, 0.717) is 26.2 Å². The first kappa shape index (κ1) is 16.6. The van der Waals surface area contributed by atoms with Crippen molar-refractivity contribution < 1.29 is 19.1 Å². The normalized spacial score (nSPS) is 36.8. The summed E-state index contributed by atoms with van der Waals surface area (Å²) in [7, 11) is 0. The Morgan fingerprint density at radius 3 is 2.84 bits per heavy atom. The molecule has 4 rings (SSSR count). The van der Waals surface area contributed by atoms with Crippen LogP contribution in [0.5, 0.6) is 0 Å². The van der Waals surface area contributed by atoms with E-state index in [9.17, 15) is 14.4 Å². The largest absolute Gasteiger partial charge is 0.360 e. The Balaban J connectivity index is 1.59. The van der Waals surface area contributed by atoms with E-state index in [1.165, 1.54) is 0 Å². The van der Waals surface area contributed by atoms with Gasteiger partial charge in [0.1, 0.15) is 5.60 Å². The molecule has 3 amide bonds. The first-order valence-electron chi connectivity index (χ1n) is 8.92. The molecule has 7 heteroatoms. The van der Waals surface area contributed by atoms with Crippen molar-refractivity contribution in [1.82, 2.24) is 15.1 Å². The maximum atomic E-state index is 13.1. The predicted octanol–water partition coefficient (Wildman–Crippen LogP) is -0.227. The molecule has 2 unspecified atom stereocenters. The lowest BCUT2D eigenvalue weighted by atomic mass is 9.76. The van der Waals surface area contributed by atoms with Gasteiger partial charge in [-0.2, -0.15) is 0 Å². The summed E-state index contributed by atoms with van der Waals surface area (Å²) in [6.07, 6.45) is 3.52. The van der Waals surface area contributed by atoms with Gasteiger partial charge in [-0.15, -0.1) is 0 Å². The number of hydrogen-bond donors (Lipinski definition) is 1. The Bertz CT molecular complexity index is 668. The van der Waals surface area contributed by atoms with Gasteiger partial charge < -0.3 is 19.9 Å². The summed E-state index contributed by atoms with van der Waals surface area (Å²) in [6, 6.07) is 0. The highest BCUT2D eigenvalue weighted by Gasteiger charge is 2.67. The van der Waals surface area contributed by atoms with Crippen LogP contribution in [0, 0.1) is 17.3 Å². The SMILES string of the molecule is CC(C)(C)CN1C[C@]23C=C[C@H](O2)C(C(=O)N2CCNC(=O)C2)C3C1=O. The topological polar surface area (TPSA) is 79.0 Å². The molecule has 3 fully saturated rings. The Morgan fingerprint density at radius 1 is 1.40 bits per heavy atom. The first-order valence-corrected chi connectivity index (χ1v) is 8.92. The molecule has 0 aromatic heterocycles. The van der Waals surface area contributed by atoms with Gasteiger partial charge in [-0.05, 0) is 5.41 Å². The zero-order chi connectivity index (χ0) is 18.0. The number of likely N-dealkylation sites (tertiary alicyclic amines) is 1. The Morgan fingerprint density at radius 2 is 2.16 bits per heavy atom. The number of piperazine rings is 1. The smallest absolute Gasteiger partial charge is 0.239 e. The molecule has 2 bridgehead atoms. The van der Waals surface area contributed by atoms with Gasteiger partial charge in [-0.3, -0.25) is 14.4 Å². The summed E-state index contributed by atoms with van der Waals surface area (Å²) in [5.41, 5.74) is -0.692. The van der Waals surface area contributed by atoms with Crippen LogP contribution in [-0.2, 0) is 19.1 Å². The number of rotatable bonds is 2. The van der Waals surface area contributed by atoms with Crippen LogP contribution in [0.25, 0.3) is 0 Å². The van der Waals surface area contributed by atoms with Crippen molar-refractivity contribution in [3.63, 3.8) is 0 Å². The van der Waals surface area contributed by atoms with Crippen LogP contribution in [0.15, 0.2) is 12.2 Å². The van der Waals surface area contributed by atoms with Crippen LogP contribution in [0.4, 0.5) is 0 Å². The summed E-state index contributed by atoms with van der Waals surface area (Å²) >= 11 is 0. The number of nitrogens with one attached hydrogen (secondary N) is 1. The van der Waals surface area contributed by atoms with E-state index in [0.717, 1.165) is 0 Å². The molecule has 1 N–H and O–H groups in total. The summed E-state index contributed by atoms with van der Waals surface area (Å²) in [5, 5.41) is 2.72. The van der Waals surface area contributed by atoms with E-state index in [2.05, 4.69) is 26.1 Å². The molecule has 1 spiro atoms. The third kappa shape index (κ3) is 2.56. The number of hydrogen-bond acceptors (Lipinski definition) is 4. The third-order valence-corrected chi connectivity index (χ3v) is 5.48. The molecule has 136 valence electrons. The Kier molecular flexibility index (Phi) is 3.51. The van der Waals surface area contributed by atoms with Gasteiger partial charge in [-0.25, -0.2) is 0 Å². The molecule has 25 heavy (non-hydrogen) atoms. The number of fused-ring (bicyclic) bond motifs is 1. The molecular formula is C18H25N3O4. The molecule has 7 nitrogen and oxygen atoms in total. The van der Waals surface area contributed by atoms with E-state index in [-0.39, 0.29) is 35.8 Å². The number of amides is 3. The third-order valence-electron chi connectivity index (χ3n) is 5.48. The quantitative estimate of drug-likeness (QED) is 0.700. The highest BCUT2D eigenvalue weighted by atomic mass is 16.5. The maximum absolute atomic E-state index is 13.1. The van der Waals surface area contributed by atoms with Crippen molar-refractivity contribution in [2.24, 2.45) is 17.3 Å². The van der Waals surface area contributed by atoms with Crippen molar-refractivity contribution in [3.8, 4) is 0 Å². The summed E-state index contributed by atoms with van der Waals surface area (Å²) in [6.45, 7) is 8.42. The molecule has 0 aliphatic carbocycles. The molecule has 3 saturated heterocycles. The number of ether oxygens (including phenoxy) is 1. The lowest BCUT2D eigenvalue weighted by Gasteiger charge is -2.32. The van der Waals surface area contributed by atoms with E-state index >= 15 is 0 Å².